The van der Waals surface area contributed by atoms with Crippen molar-refractivity contribution in [3.8, 4) is 0 Å². The molecule has 0 bridgehead atoms. The molecule has 0 radical (unpaired) electrons. The van der Waals surface area contributed by atoms with Gasteiger partial charge in [-0.25, -0.2) is 0 Å². The first-order valence-corrected chi connectivity index (χ1v) is 4.95. The van der Waals surface area contributed by atoms with Crippen molar-refractivity contribution in [3.63, 3.8) is 0 Å². The van der Waals surface area contributed by atoms with E-state index in [2.05, 4.69) is 33.8 Å². The molecule has 0 unspecified atom stereocenters. The van der Waals surface area contributed by atoms with Gasteiger partial charge in [0.05, 0.1) is 0 Å². The number of hydrogen-bond acceptors (Lipinski definition) is 0. The molecule has 0 nitrogen and oxygen atoms in total. The normalized spacial score (nSPS) is 18.6. The molecular weight excluding hydrogens is 144 g/mol. The standard InChI is InChI=1S/C12H20/c1-9(2)7-12-6-5-10(3)11(4)8-12/h8-9H,5-7H2,1-4H3. The molecule has 0 spiro atoms. The molecule has 0 aliphatic heterocycles. The van der Waals surface area contributed by atoms with Crippen LogP contribution in [0.25, 0.3) is 0 Å². The molecule has 68 valence electrons. The van der Waals surface area contributed by atoms with Crippen LogP contribution in [0.4, 0.5) is 0 Å². The van der Waals surface area contributed by atoms with Gasteiger partial charge in [0.15, 0.2) is 0 Å². The van der Waals surface area contributed by atoms with Crippen LogP contribution in [-0.2, 0) is 0 Å². The highest BCUT2D eigenvalue weighted by atomic mass is 14.1. The lowest BCUT2D eigenvalue weighted by Gasteiger charge is -2.17. The Kier molecular flexibility index (Phi) is 3.13. The van der Waals surface area contributed by atoms with Crippen molar-refractivity contribution >= 4 is 0 Å². The van der Waals surface area contributed by atoms with Crippen LogP contribution in [0.2, 0.25) is 0 Å². The molecule has 0 aromatic heterocycles. The van der Waals surface area contributed by atoms with Crippen molar-refractivity contribution in [2.24, 2.45) is 5.92 Å². The second kappa shape index (κ2) is 3.93. The Labute approximate surface area is 76.4 Å². The van der Waals surface area contributed by atoms with Crippen LogP contribution in [0, 0.1) is 5.92 Å². The summed E-state index contributed by atoms with van der Waals surface area (Å²) in [6.45, 7) is 9.06. The average molecular weight is 164 g/mol. The molecule has 0 heterocycles. The predicted octanol–water partition coefficient (Wildman–Crippen LogP) is 4.09. The van der Waals surface area contributed by atoms with Gasteiger partial charge in [-0.2, -0.15) is 0 Å². The molecule has 0 N–H and O–H groups in total. The minimum Gasteiger partial charge on any atom is -0.0701 e. The Morgan fingerprint density at radius 3 is 2.42 bits per heavy atom. The van der Waals surface area contributed by atoms with Crippen LogP contribution < -0.4 is 0 Å². The van der Waals surface area contributed by atoms with Gasteiger partial charge in [-0.05, 0) is 39.0 Å². The van der Waals surface area contributed by atoms with Crippen LogP contribution in [-0.4, -0.2) is 0 Å². The van der Waals surface area contributed by atoms with Gasteiger partial charge in [-0.1, -0.05) is 36.6 Å². The molecule has 0 heteroatoms. The highest BCUT2D eigenvalue weighted by molar-refractivity contribution is 5.31. The van der Waals surface area contributed by atoms with E-state index in [0.29, 0.717) is 0 Å². The van der Waals surface area contributed by atoms with Crippen molar-refractivity contribution in [1.82, 2.24) is 0 Å². The summed E-state index contributed by atoms with van der Waals surface area (Å²) in [6.07, 6.45) is 6.25. The number of allylic oxidation sites excluding steroid dienone is 4. The molecule has 0 aromatic carbocycles. The topological polar surface area (TPSA) is 0 Å². The Morgan fingerprint density at radius 2 is 1.92 bits per heavy atom. The molecule has 12 heavy (non-hydrogen) atoms. The van der Waals surface area contributed by atoms with Crippen LogP contribution in [0.5, 0.6) is 0 Å². The van der Waals surface area contributed by atoms with Crippen molar-refractivity contribution in [2.45, 2.75) is 47.0 Å². The van der Waals surface area contributed by atoms with E-state index in [9.17, 15) is 0 Å². The summed E-state index contributed by atoms with van der Waals surface area (Å²) in [5.74, 6) is 0.808. The van der Waals surface area contributed by atoms with E-state index >= 15 is 0 Å². The SMILES string of the molecule is CC1=C(C)CCC(CC(C)C)=C1. The van der Waals surface area contributed by atoms with E-state index in [1.807, 2.05) is 0 Å². The van der Waals surface area contributed by atoms with Crippen LogP contribution in [0.1, 0.15) is 47.0 Å². The van der Waals surface area contributed by atoms with Gasteiger partial charge in [-0.3, -0.25) is 0 Å². The van der Waals surface area contributed by atoms with Crippen LogP contribution in [0.3, 0.4) is 0 Å². The third-order valence-corrected chi connectivity index (χ3v) is 2.59. The van der Waals surface area contributed by atoms with Crippen molar-refractivity contribution in [1.29, 1.82) is 0 Å². The summed E-state index contributed by atoms with van der Waals surface area (Å²) in [4.78, 5) is 0. The summed E-state index contributed by atoms with van der Waals surface area (Å²) in [7, 11) is 0. The van der Waals surface area contributed by atoms with Crippen molar-refractivity contribution < 1.29 is 0 Å². The third kappa shape index (κ3) is 2.51. The van der Waals surface area contributed by atoms with Gasteiger partial charge in [0.1, 0.15) is 0 Å². The van der Waals surface area contributed by atoms with E-state index in [1.54, 1.807) is 11.1 Å². The highest BCUT2D eigenvalue weighted by Gasteiger charge is 2.08. The molecule has 0 aromatic rings. The van der Waals surface area contributed by atoms with E-state index < -0.39 is 0 Å². The fourth-order valence-electron chi connectivity index (χ4n) is 1.73. The molecular formula is C12H20. The van der Waals surface area contributed by atoms with E-state index in [1.165, 1.54) is 24.8 Å². The first-order valence-electron chi connectivity index (χ1n) is 4.95. The van der Waals surface area contributed by atoms with Gasteiger partial charge in [-0.15, -0.1) is 0 Å². The molecule has 0 saturated carbocycles. The molecule has 1 aliphatic carbocycles. The van der Waals surface area contributed by atoms with Crippen LogP contribution in [0.15, 0.2) is 22.8 Å². The quantitative estimate of drug-likeness (QED) is 0.576. The van der Waals surface area contributed by atoms with Crippen molar-refractivity contribution in [2.75, 3.05) is 0 Å². The Morgan fingerprint density at radius 1 is 1.25 bits per heavy atom. The molecule has 0 saturated heterocycles. The summed E-state index contributed by atoms with van der Waals surface area (Å²) in [6, 6.07) is 0. The summed E-state index contributed by atoms with van der Waals surface area (Å²) in [5.41, 5.74) is 4.72. The van der Waals surface area contributed by atoms with Crippen molar-refractivity contribution in [3.05, 3.63) is 22.8 Å². The van der Waals surface area contributed by atoms with Crippen LogP contribution >= 0.6 is 0 Å². The number of hydrogen-bond donors (Lipinski definition) is 0. The largest absolute Gasteiger partial charge is 0.0701 e. The summed E-state index contributed by atoms with van der Waals surface area (Å²) < 4.78 is 0. The highest BCUT2D eigenvalue weighted by Crippen LogP contribution is 2.26. The monoisotopic (exact) mass is 164 g/mol. The molecule has 0 fully saturated rings. The van der Waals surface area contributed by atoms with Gasteiger partial charge in [0.25, 0.3) is 0 Å². The fourth-order valence-corrected chi connectivity index (χ4v) is 1.73. The first-order chi connectivity index (χ1) is 5.59. The van der Waals surface area contributed by atoms with E-state index in [4.69, 9.17) is 0 Å². The summed E-state index contributed by atoms with van der Waals surface area (Å²) >= 11 is 0. The Balaban J connectivity index is 2.63. The zero-order chi connectivity index (χ0) is 9.14. The van der Waals surface area contributed by atoms with E-state index in [0.717, 1.165) is 5.92 Å². The Bertz CT molecular complexity index is 216. The maximum absolute atomic E-state index is 2.39. The molecule has 0 atom stereocenters. The Hall–Kier alpha value is -0.520. The average Bonchev–Trinajstić information content (AvgIpc) is 1.96. The minimum atomic E-state index is 0.808. The predicted molar refractivity (Wildman–Crippen MR) is 55.1 cm³/mol. The van der Waals surface area contributed by atoms with Gasteiger partial charge < -0.3 is 0 Å². The second-order valence-electron chi connectivity index (χ2n) is 4.36. The molecule has 1 rings (SSSR count). The lowest BCUT2D eigenvalue weighted by molar-refractivity contribution is 0.619. The van der Waals surface area contributed by atoms with Gasteiger partial charge in [0, 0.05) is 0 Å². The zero-order valence-electron chi connectivity index (χ0n) is 8.78. The number of rotatable bonds is 2. The second-order valence-corrected chi connectivity index (χ2v) is 4.36. The third-order valence-electron chi connectivity index (χ3n) is 2.59. The first kappa shape index (κ1) is 9.57. The lowest BCUT2D eigenvalue weighted by Crippen LogP contribution is -1.98. The summed E-state index contributed by atoms with van der Waals surface area (Å²) in [5, 5.41) is 0. The zero-order valence-corrected chi connectivity index (χ0v) is 8.78. The fraction of sp³-hybridized carbons (Fsp3) is 0.667. The molecule has 0 amide bonds. The van der Waals surface area contributed by atoms with E-state index in [-0.39, 0.29) is 0 Å². The van der Waals surface area contributed by atoms with Gasteiger partial charge >= 0.3 is 0 Å². The molecule has 1 aliphatic rings. The minimum absolute atomic E-state index is 0.808. The van der Waals surface area contributed by atoms with Gasteiger partial charge in [0.2, 0.25) is 0 Å². The smallest absolute Gasteiger partial charge is 0.0279 e. The lowest BCUT2D eigenvalue weighted by atomic mass is 9.89. The maximum Gasteiger partial charge on any atom is -0.0279 e. The maximum atomic E-state index is 2.39.